The molecule has 0 saturated carbocycles. The average molecular weight is 396 g/mol. The third kappa shape index (κ3) is 3.08. The van der Waals surface area contributed by atoms with E-state index >= 15 is 0 Å². The number of anilines is 1. The predicted molar refractivity (Wildman–Crippen MR) is 110 cm³/mol. The van der Waals surface area contributed by atoms with Crippen LogP contribution in [-0.2, 0) is 20.1 Å². The van der Waals surface area contributed by atoms with E-state index in [1.165, 1.54) is 10.6 Å². The summed E-state index contributed by atoms with van der Waals surface area (Å²) in [5.41, 5.74) is 1.46. The highest BCUT2D eigenvalue weighted by Gasteiger charge is 2.26. The lowest BCUT2D eigenvalue weighted by atomic mass is 10.2. The van der Waals surface area contributed by atoms with E-state index in [0.717, 1.165) is 15.9 Å². The van der Waals surface area contributed by atoms with Crippen molar-refractivity contribution in [2.45, 2.75) is 26.9 Å². The Bertz CT molecular complexity index is 1300. The summed E-state index contributed by atoms with van der Waals surface area (Å²) >= 11 is 0. The average Bonchev–Trinajstić information content (AvgIpc) is 3.04. The first-order chi connectivity index (χ1) is 13.8. The van der Waals surface area contributed by atoms with Crippen molar-refractivity contribution in [2.24, 2.45) is 12.1 Å². The molecule has 29 heavy (non-hydrogen) atoms. The molecular weight excluding hydrogens is 375 g/mol. The van der Waals surface area contributed by atoms with Gasteiger partial charge < -0.3 is 0 Å². The van der Waals surface area contributed by atoms with E-state index in [0.29, 0.717) is 24.6 Å². The summed E-state index contributed by atoms with van der Waals surface area (Å²) in [6.45, 7) is 8.32. The zero-order valence-corrected chi connectivity index (χ0v) is 16.5. The third-order valence-electron chi connectivity index (χ3n) is 4.83. The molecular formula is C20H21FN6O2. The zero-order chi connectivity index (χ0) is 20.9. The molecule has 8 nitrogen and oxygen atoms in total. The van der Waals surface area contributed by atoms with E-state index < -0.39 is 17.1 Å². The van der Waals surface area contributed by atoms with E-state index in [1.807, 2.05) is 13.8 Å². The van der Waals surface area contributed by atoms with Crippen LogP contribution in [0.15, 0.2) is 51.1 Å². The highest BCUT2D eigenvalue weighted by molar-refractivity contribution is 5.87. The van der Waals surface area contributed by atoms with Gasteiger partial charge in [0.25, 0.3) is 5.56 Å². The van der Waals surface area contributed by atoms with Crippen LogP contribution in [0.2, 0.25) is 0 Å². The molecule has 0 fully saturated rings. The molecule has 3 aromatic rings. The fourth-order valence-corrected chi connectivity index (χ4v) is 3.52. The molecule has 0 amide bonds. The Kier molecular flexibility index (Phi) is 4.45. The van der Waals surface area contributed by atoms with Gasteiger partial charge >= 0.3 is 5.69 Å². The predicted octanol–water partition coefficient (Wildman–Crippen LogP) is 1.86. The summed E-state index contributed by atoms with van der Waals surface area (Å²) in [6.07, 6.45) is 0. The van der Waals surface area contributed by atoms with Gasteiger partial charge in [-0.05, 0) is 19.9 Å². The maximum Gasteiger partial charge on any atom is 0.332 e. The topological polar surface area (TPSA) is 77.4 Å². The van der Waals surface area contributed by atoms with Gasteiger partial charge in [0.2, 0.25) is 5.95 Å². The molecule has 3 heterocycles. The minimum absolute atomic E-state index is 0.156. The summed E-state index contributed by atoms with van der Waals surface area (Å²) < 4.78 is 18.2. The summed E-state index contributed by atoms with van der Waals surface area (Å²) in [6, 6.07) is 6.10. The molecule has 0 aliphatic carbocycles. The number of hydrazone groups is 1. The van der Waals surface area contributed by atoms with Crippen molar-refractivity contribution < 1.29 is 4.39 Å². The van der Waals surface area contributed by atoms with Crippen molar-refractivity contribution in [1.29, 1.82) is 0 Å². The Balaban J connectivity index is 1.95. The van der Waals surface area contributed by atoms with Crippen molar-refractivity contribution in [2.75, 3.05) is 11.6 Å². The van der Waals surface area contributed by atoms with E-state index in [-0.39, 0.29) is 17.8 Å². The molecule has 1 aliphatic rings. The number of aryl methyl sites for hydroxylation is 1. The van der Waals surface area contributed by atoms with E-state index in [4.69, 9.17) is 0 Å². The van der Waals surface area contributed by atoms with Crippen molar-refractivity contribution in [3.8, 4) is 0 Å². The number of halogens is 1. The van der Waals surface area contributed by atoms with Crippen LogP contribution in [0.25, 0.3) is 11.2 Å². The molecule has 0 atom stereocenters. The van der Waals surface area contributed by atoms with Gasteiger partial charge in [-0.15, -0.1) is 0 Å². The molecule has 0 radical (unpaired) electrons. The number of hydrogen-bond donors (Lipinski definition) is 0. The Morgan fingerprint density at radius 2 is 2.00 bits per heavy atom. The summed E-state index contributed by atoms with van der Waals surface area (Å²) in [4.78, 5) is 30.7. The van der Waals surface area contributed by atoms with E-state index in [1.54, 1.807) is 34.8 Å². The lowest BCUT2D eigenvalue weighted by Gasteiger charge is -2.24. The highest BCUT2D eigenvalue weighted by Crippen LogP contribution is 2.24. The summed E-state index contributed by atoms with van der Waals surface area (Å²) in [5, 5.41) is 6.18. The molecule has 1 aliphatic heterocycles. The van der Waals surface area contributed by atoms with Crippen molar-refractivity contribution >= 4 is 22.8 Å². The number of fused-ring (bicyclic) bond motifs is 3. The van der Waals surface area contributed by atoms with Crippen LogP contribution >= 0.6 is 0 Å². The van der Waals surface area contributed by atoms with Crippen LogP contribution in [0.3, 0.4) is 0 Å². The van der Waals surface area contributed by atoms with Gasteiger partial charge in [-0.3, -0.25) is 18.5 Å². The number of hydrogen-bond acceptors (Lipinski definition) is 5. The van der Waals surface area contributed by atoms with Crippen LogP contribution in [0.5, 0.6) is 0 Å². The van der Waals surface area contributed by atoms with Gasteiger partial charge in [-0.1, -0.05) is 30.4 Å². The van der Waals surface area contributed by atoms with Gasteiger partial charge in [-0.2, -0.15) is 10.1 Å². The largest absolute Gasteiger partial charge is 0.332 e. The molecule has 4 rings (SSSR count). The first-order valence-electron chi connectivity index (χ1n) is 9.17. The number of benzene rings is 1. The van der Waals surface area contributed by atoms with Gasteiger partial charge in [0.1, 0.15) is 5.82 Å². The van der Waals surface area contributed by atoms with Gasteiger partial charge in [-0.25, -0.2) is 14.2 Å². The van der Waals surface area contributed by atoms with Gasteiger partial charge in [0, 0.05) is 12.6 Å². The summed E-state index contributed by atoms with van der Waals surface area (Å²) in [7, 11) is 1.55. The van der Waals surface area contributed by atoms with Crippen LogP contribution in [0.1, 0.15) is 19.4 Å². The highest BCUT2D eigenvalue weighted by atomic mass is 19.1. The third-order valence-corrected chi connectivity index (χ3v) is 4.83. The molecule has 0 spiro atoms. The maximum absolute atomic E-state index is 14.1. The first kappa shape index (κ1) is 18.9. The molecule has 0 saturated heterocycles. The van der Waals surface area contributed by atoms with E-state index in [2.05, 4.69) is 16.7 Å². The Morgan fingerprint density at radius 1 is 1.28 bits per heavy atom. The van der Waals surface area contributed by atoms with E-state index in [9.17, 15) is 14.0 Å². The van der Waals surface area contributed by atoms with Crippen LogP contribution in [0.4, 0.5) is 10.3 Å². The summed E-state index contributed by atoms with van der Waals surface area (Å²) in [5.74, 6) is 0.0109. The zero-order valence-electron chi connectivity index (χ0n) is 16.5. The Labute approximate surface area is 165 Å². The van der Waals surface area contributed by atoms with Crippen LogP contribution < -0.4 is 16.3 Å². The molecule has 0 N–H and O–H groups in total. The minimum Gasteiger partial charge on any atom is -0.297 e. The van der Waals surface area contributed by atoms with Crippen LogP contribution in [0, 0.1) is 5.82 Å². The molecule has 150 valence electrons. The Morgan fingerprint density at radius 3 is 2.69 bits per heavy atom. The maximum atomic E-state index is 14.1. The number of nitrogens with zero attached hydrogens (tertiary/aromatic N) is 6. The van der Waals surface area contributed by atoms with Crippen molar-refractivity contribution in [3.63, 3.8) is 0 Å². The lowest BCUT2D eigenvalue weighted by molar-refractivity contribution is 0.582. The second-order valence-electron chi connectivity index (χ2n) is 7.34. The quantitative estimate of drug-likeness (QED) is 0.631. The SMILES string of the molecule is C=C(C)CN1N=C(C)Cn2c1nc1c2c(=O)n(Cc2ccccc2F)c(=O)n1C. The fraction of sp³-hybridized carbons (Fsp3) is 0.300. The molecule has 0 bridgehead atoms. The van der Waals surface area contributed by atoms with Crippen molar-refractivity contribution in [1.82, 2.24) is 18.7 Å². The number of aromatic nitrogens is 4. The van der Waals surface area contributed by atoms with Gasteiger partial charge in [0.05, 0.1) is 25.3 Å². The first-order valence-corrected chi connectivity index (χ1v) is 9.17. The molecule has 1 aromatic carbocycles. The second kappa shape index (κ2) is 6.84. The van der Waals surface area contributed by atoms with Gasteiger partial charge in [0.15, 0.2) is 11.2 Å². The van der Waals surface area contributed by atoms with Crippen LogP contribution in [-0.4, -0.2) is 30.9 Å². The standard InChI is InChI=1S/C20H21FN6O2/c1-12(2)9-27-19-22-17-16(25(19)10-13(3)23-27)18(28)26(20(29)24(17)4)11-14-7-5-6-8-15(14)21/h5-8H,1,9-11H2,2-4H3. The second-order valence-corrected chi connectivity index (χ2v) is 7.34. The fourth-order valence-electron chi connectivity index (χ4n) is 3.52. The minimum atomic E-state index is -0.551. The normalized spacial score (nSPS) is 13.5. The number of imidazole rings is 1. The van der Waals surface area contributed by atoms with Crippen molar-refractivity contribution in [3.05, 3.63) is 68.6 Å². The lowest BCUT2D eigenvalue weighted by Crippen LogP contribution is -2.40. The molecule has 2 aromatic heterocycles. The monoisotopic (exact) mass is 396 g/mol. The Hall–Kier alpha value is -3.49. The molecule has 0 unspecified atom stereocenters. The number of rotatable bonds is 4. The molecule has 9 heteroatoms. The smallest absolute Gasteiger partial charge is 0.297 e.